The Morgan fingerprint density at radius 3 is 3.00 bits per heavy atom. The molecule has 2 N–H and O–H groups in total. The first-order valence-electron chi connectivity index (χ1n) is 5.86. The molecule has 1 amide bonds. The van der Waals surface area contributed by atoms with Gasteiger partial charge in [0.15, 0.2) is 0 Å². The monoisotopic (exact) mass is 214 g/mol. The molecule has 0 aromatic carbocycles. The van der Waals surface area contributed by atoms with E-state index in [0.29, 0.717) is 13.2 Å². The average Bonchev–Trinajstić information content (AvgIpc) is 2.23. The van der Waals surface area contributed by atoms with Crippen molar-refractivity contribution in [3.05, 3.63) is 0 Å². The molecule has 1 fully saturated rings. The Hall–Kier alpha value is -0.610. The molecule has 0 aromatic rings. The molecule has 0 aromatic heterocycles. The number of unbranched alkanes of at least 4 members (excludes halogenated alkanes) is 2. The van der Waals surface area contributed by atoms with Crippen LogP contribution in [0.2, 0.25) is 0 Å². The number of hydrogen-bond acceptors (Lipinski definition) is 3. The maximum atomic E-state index is 11.6. The number of carbonyl (C=O) groups is 1. The van der Waals surface area contributed by atoms with Gasteiger partial charge in [0, 0.05) is 6.54 Å². The zero-order valence-electron chi connectivity index (χ0n) is 9.58. The molecule has 1 atom stereocenters. The molecule has 1 saturated heterocycles. The number of carbonyl (C=O) groups excluding carboxylic acids is 1. The van der Waals surface area contributed by atoms with Crippen LogP contribution in [-0.4, -0.2) is 43.2 Å². The molecular weight excluding hydrogens is 192 g/mol. The van der Waals surface area contributed by atoms with Crippen molar-refractivity contribution in [3.8, 4) is 0 Å². The van der Waals surface area contributed by atoms with E-state index in [0.717, 1.165) is 19.4 Å². The third-order valence-electron chi connectivity index (χ3n) is 2.80. The highest BCUT2D eigenvalue weighted by Crippen LogP contribution is 2.12. The molecule has 1 aliphatic heterocycles. The number of morpholine rings is 1. The summed E-state index contributed by atoms with van der Waals surface area (Å²) in [4.78, 5) is 13.6. The van der Waals surface area contributed by atoms with E-state index in [4.69, 9.17) is 10.5 Å². The lowest BCUT2D eigenvalue weighted by Crippen LogP contribution is -2.50. The maximum absolute atomic E-state index is 11.6. The van der Waals surface area contributed by atoms with Crippen LogP contribution in [0.3, 0.4) is 0 Å². The molecule has 1 unspecified atom stereocenters. The summed E-state index contributed by atoms with van der Waals surface area (Å²) in [6.45, 7) is 4.53. The number of ether oxygens (including phenoxy) is 1. The zero-order valence-corrected chi connectivity index (χ0v) is 9.58. The van der Waals surface area contributed by atoms with E-state index in [-0.39, 0.29) is 18.6 Å². The van der Waals surface area contributed by atoms with E-state index < -0.39 is 0 Å². The van der Waals surface area contributed by atoms with Crippen LogP contribution in [0.15, 0.2) is 0 Å². The lowest BCUT2D eigenvalue weighted by molar-refractivity contribution is -0.148. The second kappa shape index (κ2) is 6.80. The van der Waals surface area contributed by atoms with Gasteiger partial charge < -0.3 is 15.4 Å². The van der Waals surface area contributed by atoms with Crippen LogP contribution < -0.4 is 5.73 Å². The number of nitrogens with two attached hydrogens (primary N) is 1. The first-order chi connectivity index (χ1) is 7.29. The minimum absolute atomic E-state index is 0.121. The molecule has 0 spiro atoms. The number of rotatable bonds is 6. The van der Waals surface area contributed by atoms with Crippen LogP contribution in [-0.2, 0) is 9.53 Å². The quantitative estimate of drug-likeness (QED) is 0.664. The Morgan fingerprint density at radius 2 is 2.33 bits per heavy atom. The SMILES string of the molecule is CCCCCN1C(=O)COCC1CCN. The molecule has 15 heavy (non-hydrogen) atoms. The van der Waals surface area contributed by atoms with E-state index >= 15 is 0 Å². The van der Waals surface area contributed by atoms with Gasteiger partial charge in [-0.3, -0.25) is 4.79 Å². The highest BCUT2D eigenvalue weighted by atomic mass is 16.5. The standard InChI is InChI=1S/C11H22N2O2/c1-2-3-4-7-13-10(5-6-12)8-15-9-11(13)14/h10H,2-9,12H2,1H3. The molecule has 0 saturated carbocycles. The fourth-order valence-electron chi connectivity index (χ4n) is 1.93. The van der Waals surface area contributed by atoms with Gasteiger partial charge in [-0.2, -0.15) is 0 Å². The Morgan fingerprint density at radius 1 is 1.53 bits per heavy atom. The van der Waals surface area contributed by atoms with Crippen LogP contribution in [0.25, 0.3) is 0 Å². The van der Waals surface area contributed by atoms with Gasteiger partial charge >= 0.3 is 0 Å². The van der Waals surface area contributed by atoms with E-state index in [1.54, 1.807) is 0 Å². The van der Waals surface area contributed by atoms with Crippen LogP contribution in [0.1, 0.15) is 32.6 Å². The van der Waals surface area contributed by atoms with Crippen molar-refractivity contribution in [2.24, 2.45) is 5.73 Å². The summed E-state index contributed by atoms with van der Waals surface area (Å²) < 4.78 is 5.24. The summed E-state index contributed by atoms with van der Waals surface area (Å²) in [6, 6.07) is 0.202. The van der Waals surface area contributed by atoms with E-state index in [2.05, 4.69) is 6.92 Å². The highest BCUT2D eigenvalue weighted by Gasteiger charge is 2.27. The van der Waals surface area contributed by atoms with Gasteiger partial charge in [0.2, 0.25) is 5.91 Å². The van der Waals surface area contributed by atoms with Gasteiger partial charge in [-0.15, -0.1) is 0 Å². The minimum Gasteiger partial charge on any atom is -0.369 e. The molecule has 4 nitrogen and oxygen atoms in total. The summed E-state index contributed by atoms with van der Waals surface area (Å²) in [5.41, 5.74) is 5.53. The van der Waals surface area contributed by atoms with Crippen molar-refractivity contribution >= 4 is 5.91 Å². The first kappa shape index (κ1) is 12.5. The summed E-state index contributed by atoms with van der Waals surface area (Å²) >= 11 is 0. The van der Waals surface area contributed by atoms with Gasteiger partial charge in [0.1, 0.15) is 6.61 Å². The van der Waals surface area contributed by atoms with Crippen molar-refractivity contribution in [1.29, 1.82) is 0 Å². The molecule has 0 bridgehead atoms. The molecule has 1 heterocycles. The summed E-state index contributed by atoms with van der Waals surface area (Å²) in [5, 5.41) is 0. The van der Waals surface area contributed by atoms with Crippen molar-refractivity contribution in [3.63, 3.8) is 0 Å². The topological polar surface area (TPSA) is 55.6 Å². The lowest BCUT2D eigenvalue weighted by Gasteiger charge is -2.35. The predicted molar refractivity (Wildman–Crippen MR) is 59.5 cm³/mol. The van der Waals surface area contributed by atoms with Crippen LogP contribution in [0, 0.1) is 0 Å². The molecule has 0 radical (unpaired) electrons. The summed E-state index contributed by atoms with van der Waals surface area (Å²) in [7, 11) is 0. The number of nitrogens with zero attached hydrogens (tertiary/aromatic N) is 1. The Bertz CT molecular complexity index is 195. The van der Waals surface area contributed by atoms with E-state index in [9.17, 15) is 4.79 Å². The van der Waals surface area contributed by atoms with Gasteiger partial charge in [-0.1, -0.05) is 19.8 Å². The van der Waals surface area contributed by atoms with Crippen LogP contribution in [0.5, 0.6) is 0 Å². The maximum Gasteiger partial charge on any atom is 0.248 e. The van der Waals surface area contributed by atoms with Crippen molar-refractivity contribution in [1.82, 2.24) is 4.90 Å². The molecule has 0 aliphatic carbocycles. The van der Waals surface area contributed by atoms with Crippen LogP contribution in [0.4, 0.5) is 0 Å². The Balaban J connectivity index is 2.41. The Labute approximate surface area is 91.8 Å². The number of amides is 1. The third kappa shape index (κ3) is 3.80. The van der Waals surface area contributed by atoms with Gasteiger partial charge in [0.05, 0.1) is 12.6 Å². The smallest absolute Gasteiger partial charge is 0.248 e. The van der Waals surface area contributed by atoms with Gasteiger partial charge in [0.25, 0.3) is 0 Å². The second-order valence-electron chi connectivity index (χ2n) is 4.04. The van der Waals surface area contributed by atoms with E-state index in [1.807, 2.05) is 4.90 Å². The van der Waals surface area contributed by atoms with E-state index in [1.165, 1.54) is 12.8 Å². The second-order valence-corrected chi connectivity index (χ2v) is 4.04. The van der Waals surface area contributed by atoms with Gasteiger partial charge in [-0.05, 0) is 19.4 Å². The lowest BCUT2D eigenvalue weighted by atomic mass is 10.1. The normalized spacial score (nSPS) is 22.1. The van der Waals surface area contributed by atoms with Gasteiger partial charge in [-0.25, -0.2) is 0 Å². The van der Waals surface area contributed by atoms with Crippen molar-refractivity contribution in [2.75, 3.05) is 26.3 Å². The first-order valence-corrected chi connectivity index (χ1v) is 5.86. The molecule has 1 rings (SSSR count). The minimum atomic E-state index is 0.121. The third-order valence-corrected chi connectivity index (χ3v) is 2.80. The summed E-state index contributed by atoms with van der Waals surface area (Å²) in [6.07, 6.45) is 4.29. The number of hydrogen-bond donors (Lipinski definition) is 1. The molecule has 1 aliphatic rings. The van der Waals surface area contributed by atoms with Crippen LogP contribution >= 0.6 is 0 Å². The average molecular weight is 214 g/mol. The Kier molecular flexibility index (Phi) is 5.65. The molecule has 4 heteroatoms. The fourth-order valence-corrected chi connectivity index (χ4v) is 1.93. The zero-order chi connectivity index (χ0) is 11.1. The van der Waals surface area contributed by atoms with Crippen molar-refractivity contribution in [2.45, 2.75) is 38.6 Å². The predicted octanol–water partition coefficient (Wildman–Crippen LogP) is 0.753. The molecule has 88 valence electrons. The highest BCUT2D eigenvalue weighted by molar-refractivity contribution is 5.78. The van der Waals surface area contributed by atoms with Crippen molar-refractivity contribution < 1.29 is 9.53 Å². The fraction of sp³-hybridized carbons (Fsp3) is 0.909. The largest absolute Gasteiger partial charge is 0.369 e. The summed E-state index contributed by atoms with van der Waals surface area (Å²) in [5.74, 6) is 0.121. The molecular formula is C11H22N2O2.